The Morgan fingerprint density at radius 3 is 2.94 bits per heavy atom. The number of hydrogen-bond acceptors (Lipinski definition) is 4. The molecule has 2 aliphatic heterocycles. The molecular weight excluding hydrogens is 228 g/mol. The second-order valence-electron chi connectivity index (χ2n) is 5.99. The Hall–Kier alpha value is -0.940. The number of rotatable bonds is 4. The molecule has 18 heavy (non-hydrogen) atoms. The van der Waals surface area contributed by atoms with Crippen molar-refractivity contribution in [3.8, 4) is 0 Å². The van der Waals surface area contributed by atoms with Crippen molar-refractivity contribution in [2.45, 2.75) is 57.8 Å². The molecule has 1 aromatic heterocycles. The molecule has 2 bridgehead atoms. The van der Waals surface area contributed by atoms with E-state index < -0.39 is 0 Å². The van der Waals surface area contributed by atoms with Crippen LogP contribution < -0.4 is 5.73 Å². The van der Waals surface area contributed by atoms with Crippen LogP contribution in [0.1, 0.15) is 45.0 Å². The molecule has 3 atom stereocenters. The number of hydrogen-bond donors (Lipinski definition) is 1. The van der Waals surface area contributed by atoms with Crippen molar-refractivity contribution < 1.29 is 4.74 Å². The first kappa shape index (κ1) is 12.1. The van der Waals surface area contributed by atoms with Gasteiger partial charge in [-0.05, 0) is 33.1 Å². The van der Waals surface area contributed by atoms with Crippen molar-refractivity contribution in [3.63, 3.8) is 0 Å². The molecule has 0 aliphatic carbocycles. The van der Waals surface area contributed by atoms with Crippen LogP contribution in [0.4, 0.5) is 0 Å². The van der Waals surface area contributed by atoms with E-state index in [0.29, 0.717) is 24.8 Å². The zero-order valence-electron chi connectivity index (χ0n) is 11.2. The van der Waals surface area contributed by atoms with Gasteiger partial charge in [0.25, 0.3) is 0 Å². The first-order chi connectivity index (χ1) is 8.64. The standard InChI is InChI=1S/C13H22N4O/c1-9(2)17-12(15-8-16-17)6-13(7-14)5-10-3-4-11(13)18-10/h8-11H,3-7,14H2,1-2H3. The van der Waals surface area contributed by atoms with Gasteiger partial charge >= 0.3 is 0 Å². The summed E-state index contributed by atoms with van der Waals surface area (Å²) in [4.78, 5) is 4.42. The Morgan fingerprint density at radius 2 is 2.39 bits per heavy atom. The lowest BCUT2D eigenvalue weighted by atomic mass is 9.71. The fourth-order valence-electron chi connectivity index (χ4n) is 3.51. The lowest BCUT2D eigenvalue weighted by Gasteiger charge is -2.33. The Kier molecular flexibility index (Phi) is 2.90. The van der Waals surface area contributed by atoms with Gasteiger partial charge in [0.1, 0.15) is 12.2 Å². The average Bonchev–Trinajstić information content (AvgIpc) is 3.03. The molecular formula is C13H22N4O. The zero-order chi connectivity index (χ0) is 12.8. The molecule has 3 rings (SSSR count). The minimum Gasteiger partial charge on any atom is -0.374 e. The van der Waals surface area contributed by atoms with E-state index in [4.69, 9.17) is 10.5 Å². The Balaban J connectivity index is 1.84. The van der Waals surface area contributed by atoms with E-state index in [1.807, 2.05) is 4.68 Å². The minimum absolute atomic E-state index is 0.0859. The lowest BCUT2D eigenvalue weighted by Crippen LogP contribution is -2.42. The molecule has 5 heteroatoms. The highest BCUT2D eigenvalue weighted by atomic mass is 16.5. The van der Waals surface area contributed by atoms with Crippen molar-refractivity contribution in [2.24, 2.45) is 11.1 Å². The highest BCUT2D eigenvalue weighted by Gasteiger charge is 2.52. The Bertz CT molecular complexity index is 430. The summed E-state index contributed by atoms with van der Waals surface area (Å²) in [5, 5.41) is 4.31. The van der Waals surface area contributed by atoms with Crippen LogP contribution in [0.3, 0.4) is 0 Å². The molecule has 0 saturated carbocycles. The smallest absolute Gasteiger partial charge is 0.138 e. The van der Waals surface area contributed by atoms with Crippen molar-refractivity contribution >= 4 is 0 Å². The molecule has 0 radical (unpaired) electrons. The van der Waals surface area contributed by atoms with Crippen LogP contribution in [0.25, 0.3) is 0 Å². The van der Waals surface area contributed by atoms with E-state index in [-0.39, 0.29) is 5.41 Å². The van der Waals surface area contributed by atoms with Crippen molar-refractivity contribution in [3.05, 3.63) is 12.2 Å². The number of nitrogens with two attached hydrogens (primary N) is 1. The molecule has 1 aromatic rings. The SMILES string of the molecule is CC(C)n1ncnc1CC1(CN)CC2CCC1O2. The largest absolute Gasteiger partial charge is 0.374 e. The maximum absolute atomic E-state index is 6.06. The summed E-state index contributed by atoms with van der Waals surface area (Å²) in [7, 11) is 0. The third-order valence-electron chi connectivity index (χ3n) is 4.48. The van der Waals surface area contributed by atoms with E-state index >= 15 is 0 Å². The minimum atomic E-state index is 0.0859. The molecule has 2 saturated heterocycles. The number of aromatic nitrogens is 3. The molecule has 2 N–H and O–H groups in total. The molecule has 0 spiro atoms. The summed E-state index contributed by atoms with van der Waals surface area (Å²) in [6, 6.07) is 0.344. The molecule has 3 unspecified atom stereocenters. The van der Waals surface area contributed by atoms with Crippen molar-refractivity contribution in [1.29, 1.82) is 0 Å². The second kappa shape index (κ2) is 4.31. The predicted molar refractivity (Wildman–Crippen MR) is 68.1 cm³/mol. The fraction of sp³-hybridized carbons (Fsp3) is 0.846. The van der Waals surface area contributed by atoms with Crippen LogP contribution in [-0.2, 0) is 11.2 Å². The van der Waals surface area contributed by atoms with Crippen molar-refractivity contribution in [2.75, 3.05) is 6.54 Å². The van der Waals surface area contributed by atoms with Crippen LogP contribution in [-0.4, -0.2) is 33.5 Å². The van der Waals surface area contributed by atoms with Gasteiger partial charge in [0.2, 0.25) is 0 Å². The summed E-state index contributed by atoms with van der Waals surface area (Å²) < 4.78 is 7.99. The van der Waals surface area contributed by atoms with Crippen LogP contribution in [0, 0.1) is 5.41 Å². The van der Waals surface area contributed by atoms with Crippen molar-refractivity contribution in [1.82, 2.24) is 14.8 Å². The molecule has 2 aliphatic rings. The summed E-state index contributed by atoms with van der Waals surface area (Å²) in [6.45, 7) is 4.94. The van der Waals surface area contributed by atoms with E-state index in [1.54, 1.807) is 6.33 Å². The highest BCUT2D eigenvalue weighted by Crippen LogP contribution is 2.48. The monoisotopic (exact) mass is 250 g/mol. The van der Waals surface area contributed by atoms with Gasteiger partial charge < -0.3 is 10.5 Å². The third kappa shape index (κ3) is 1.77. The van der Waals surface area contributed by atoms with E-state index in [2.05, 4.69) is 23.9 Å². The molecule has 0 amide bonds. The van der Waals surface area contributed by atoms with E-state index in [0.717, 1.165) is 25.1 Å². The van der Waals surface area contributed by atoms with Gasteiger partial charge in [0.05, 0.1) is 12.2 Å². The lowest BCUT2D eigenvalue weighted by molar-refractivity contribution is 0.0622. The van der Waals surface area contributed by atoms with Crippen LogP contribution >= 0.6 is 0 Å². The molecule has 2 fully saturated rings. The maximum Gasteiger partial charge on any atom is 0.138 e. The summed E-state index contributed by atoms with van der Waals surface area (Å²) >= 11 is 0. The van der Waals surface area contributed by atoms with Gasteiger partial charge in [0.15, 0.2) is 0 Å². The first-order valence-electron chi connectivity index (χ1n) is 6.88. The number of ether oxygens (including phenoxy) is 1. The van der Waals surface area contributed by atoms with Gasteiger partial charge in [-0.1, -0.05) is 0 Å². The van der Waals surface area contributed by atoms with Crippen LogP contribution in [0.5, 0.6) is 0 Å². The van der Waals surface area contributed by atoms with Crippen LogP contribution in [0.15, 0.2) is 6.33 Å². The van der Waals surface area contributed by atoms with Gasteiger partial charge in [-0.25, -0.2) is 9.67 Å². The van der Waals surface area contributed by atoms with E-state index in [1.165, 1.54) is 6.42 Å². The summed E-state index contributed by atoms with van der Waals surface area (Å²) in [6.07, 6.45) is 6.72. The topological polar surface area (TPSA) is 66.0 Å². The highest BCUT2D eigenvalue weighted by molar-refractivity contribution is 5.06. The number of fused-ring (bicyclic) bond motifs is 2. The molecule has 5 nitrogen and oxygen atoms in total. The average molecular weight is 250 g/mol. The first-order valence-corrected chi connectivity index (χ1v) is 6.88. The quantitative estimate of drug-likeness (QED) is 0.874. The third-order valence-corrected chi connectivity index (χ3v) is 4.48. The van der Waals surface area contributed by atoms with Gasteiger partial charge in [-0.2, -0.15) is 5.10 Å². The molecule has 100 valence electrons. The van der Waals surface area contributed by atoms with Crippen LogP contribution in [0.2, 0.25) is 0 Å². The predicted octanol–water partition coefficient (Wildman–Crippen LogP) is 1.30. The summed E-state index contributed by atoms with van der Waals surface area (Å²) in [5.74, 6) is 1.05. The molecule has 0 aromatic carbocycles. The normalized spacial score (nSPS) is 34.7. The zero-order valence-corrected chi connectivity index (χ0v) is 11.2. The van der Waals surface area contributed by atoms with Gasteiger partial charge in [-0.3, -0.25) is 0 Å². The Morgan fingerprint density at radius 1 is 1.56 bits per heavy atom. The fourth-order valence-corrected chi connectivity index (χ4v) is 3.51. The molecule has 3 heterocycles. The number of nitrogens with zero attached hydrogens (tertiary/aromatic N) is 3. The van der Waals surface area contributed by atoms with Gasteiger partial charge in [-0.15, -0.1) is 0 Å². The second-order valence-corrected chi connectivity index (χ2v) is 5.99. The summed E-state index contributed by atoms with van der Waals surface area (Å²) in [5.41, 5.74) is 6.15. The van der Waals surface area contributed by atoms with E-state index in [9.17, 15) is 0 Å². The Labute approximate surface area is 108 Å². The van der Waals surface area contributed by atoms with Gasteiger partial charge in [0, 0.05) is 24.4 Å². The maximum atomic E-state index is 6.06.